The maximum Gasteiger partial charge on any atom is 0.246 e. The molecule has 6 nitrogen and oxygen atoms in total. The first-order valence-corrected chi connectivity index (χ1v) is 9.99. The van der Waals surface area contributed by atoms with Gasteiger partial charge in [0, 0.05) is 12.2 Å². The molecule has 0 bridgehead atoms. The molecule has 4 heterocycles. The Hall–Kier alpha value is -2.37. The summed E-state index contributed by atoms with van der Waals surface area (Å²) in [4.78, 5) is 43.4. The van der Waals surface area contributed by atoms with Crippen molar-refractivity contribution in [3.05, 3.63) is 29.8 Å². The Morgan fingerprint density at radius 3 is 2.70 bits per heavy atom. The summed E-state index contributed by atoms with van der Waals surface area (Å²) in [5, 5.41) is 3.02. The molecule has 1 aromatic rings. The molecule has 0 radical (unpaired) electrons. The lowest BCUT2D eigenvalue weighted by molar-refractivity contribution is -0.159. The highest BCUT2D eigenvalue weighted by atomic mass is 16.2. The normalized spacial score (nSPS) is 34.3. The molecule has 1 N–H and O–H groups in total. The summed E-state index contributed by atoms with van der Waals surface area (Å²) in [6.45, 7) is 4.88. The summed E-state index contributed by atoms with van der Waals surface area (Å²) in [6, 6.07) is 6.61. The average molecular weight is 367 g/mol. The molecule has 1 spiro atoms. The number of fused-ring (bicyclic) bond motifs is 4. The number of hydrogen-bond donors (Lipinski definition) is 1. The molecule has 4 atom stereocenters. The number of anilines is 1. The van der Waals surface area contributed by atoms with Crippen molar-refractivity contribution >= 4 is 23.4 Å². The van der Waals surface area contributed by atoms with E-state index in [1.54, 1.807) is 9.80 Å². The lowest BCUT2D eigenvalue weighted by Gasteiger charge is -2.42. The molecule has 3 fully saturated rings. The van der Waals surface area contributed by atoms with E-state index in [1.165, 1.54) is 0 Å². The van der Waals surface area contributed by atoms with Crippen molar-refractivity contribution in [1.82, 2.24) is 9.80 Å². The van der Waals surface area contributed by atoms with Crippen LogP contribution in [0.5, 0.6) is 0 Å². The molecule has 4 aliphatic rings. The van der Waals surface area contributed by atoms with Gasteiger partial charge in [0.15, 0.2) is 0 Å². The van der Waals surface area contributed by atoms with Gasteiger partial charge in [-0.3, -0.25) is 14.4 Å². The van der Waals surface area contributed by atoms with Crippen LogP contribution in [0, 0.1) is 5.92 Å². The van der Waals surface area contributed by atoms with Gasteiger partial charge in [0.2, 0.25) is 17.7 Å². The van der Waals surface area contributed by atoms with Crippen molar-refractivity contribution in [2.75, 3.05) is 11.9 Å². The number of rotatable bonds is 2. The van der Waals surface area contributed by atoms with E-state index in [9.17, 15) is 14.4 Å². The van der Waals surface area contributed by atoms with Crippen LogP contribution in [0.1, 0.15) is 45.1 Å². The van der Waals surface area contributed by atoms with E-state index in [0.29, 0.717) is 25.3 Å². The second-order valence-electron chi connectivity index (χ2n) is 8.77. The third-order valence-electron chi connectivity index (χ3n) is 6.87. The van der Waals surface area contributed by atoms with Crippen molar-refractivity contribution in [2.45, 2.75) is 63.1 Å². The Labute approximate surface area is 158 Å². The Bertz CT molecular complexity index is 851. The van der Waals surface area contributed by atoms with Gasteiger partial charge in [0.05, 0.1) is 11.5 Å². The monoisotopic (exact) mass is 367 g/mol. The minimum atomic E-state index is -0.823. The predicted molar refractivity (Wildman–Crippen MR) is 100.0 cm³/mol. The van der Waals surface area contributed by atoms with Crippen LogP contribution in [0.2, 0.25) is 0 Å². The number of hydrogen-bond acceptors (Lipinski definition) is 3. The zero-order valence-electron chi connectivity index (χ0n) is 15.8. The highest BCUT2D eigenvalue weighted by Crippen LogP contribution is 2.53. The summed E-state index contributed by atoms with van der Waals surface area (Å²) in [5.74, 6) is 0.317. The molecule has 5 rings (SSSR count). The topological polar surface area (TPSA) is 69.7 Å². The van der Waals surface area contributed by atoms with Crippen LogP contribution in [0.15, 0.2) is 24.3 Å². The van der Waals surface area contributed by atoms with Crippen molar-refractivity contribution in [3.8, 4) is 0 Å². The molecule has 0 aromatic heterocycles. The number of carbonyl (C=O) groups is 3. The summed E-state index contributed by atoms with van der Waals surface area (Å²) < 4.78 is 0. The van der Waals surface area contributed by atoms with E-state index in [-0.39, 0.29) is 29.8 Å². The van der Waals surface area contributed by atoms with Gasteiger partial charge in [-0.15, -0.1) is 0 Å². The second-order valence-corrected chi connectivity index (χ2v) is 8.77. The van der Waals surface area contributed by atoms with E-state index in [4.69, 9.17) is 0 Å². The highest BCUT2D eigenvalue weighted by Gasteiger charge is 2.66. The summed E-state index contributed by atoms with van der Waals surface area (Å²) in [6.07, 6.45) is 2.72. The molecule has 3 amide bonds. The third kappa shape index (κ3) is 2.04. The van der Waals surface area contributed by atoms with Crippen LogP contribution in [0.4, 0.5) is 5.69 Å². The average Bonchev–Trinajstić information content (AvgIpc) is 3.31. The minimum Gasteiger partial charge on any atom is -0.329 e. The number of amides is 3. The van der Waals surface area contributed by atoms with Gasteiger partial charge in [-0.05, 0) is 43.2 Å². The zero-order chi connectivity index (χ0) is 18.9. The summed E-state index contributed by atoms with van der Waals surface area (Å²) in [5.41, 5.74) is 0.934. The van der Waals surface area contributed by atoms with E-state index in [0.717, 1.165) is 24.1 Å². The highest BCUT2D eigenvalue weighted by molar-refractivity contribution is 6.09. The molecule has 142 valence electrons. The molecular weight excluding hydrogens is 342 g/mol. The molecule has 3 saturated heterocycles. The summed E-state index contributed by atoms with van der Waals surface area (Å²) in [7, 11) is 0. The van der Waals surface area contributed by atoms with Crippen molar-refractivity contribution < 1.29 is 14.4 Å². The minimum absolute atomic E-state index is 0.0277. The van der Waals surface area contributed by atoms with E-state index < -0.39 is 11.5 Å². The second kappa shape index (κ2) is 5.57. The van der Waals surface area contributed by atoms with Crippen LogP contribution in [-0.4, -0.2) is 52.2 Å². The Balaban J connectivity index is 1.67. The number of nitrogens with zero attached hydrogens (tertiary/aromatic N) is 2. The van der Waals surface area contributed by atoms with Gasteiger partial charge in [0.1, 0.15) is 12.1 Å². The Morgan fingerprint density at radius 2 is 1.93 bits per heavy atom. The number of piperazine rings is 1. The van der Waals surface area contributed by atoms with Crippen LogP contribution in [0.25, 0.3) is 0 Å². The Morgan fingerprint density at radius 1 is 1.15 bits per heavy atom. The molecule has 6 heteroatoms. The Kier molecular flexibility index (Phi) is 3.46. The standard InChI is InChI=1S/C21H25N3O3/c1-12(2)10-17-21(13-6-3-4-7-14(13)22-20(21)27)11-16-18(25)23-9-5-8-15(23)19(26)24(16)17/h3-4,6-7,12,15-17H,5,8-11H2,1-2H3,(H,22,27)/t15-,16-,17-,21+/m0/s1. The van der Waals surface area contributed by atoms with Crippen LogP contribution >= 0.6 is 0 Å². The largest absolute Gasteiger partial charge is 0.329 e. The molecule has 27 heavy (non-hydrogen) atoms. The molecule has 4 aliphatic heterocycles. The number of para-hydroxylation sites is 1. The fraction of sp³-hybridized carbons (Fsp3) is 0.571. The van der Waals surface area contributed by atoms with Gasteiger partial charge >= 0.3 is 0 Å². The van der Waals surface area contributed by atoms with Crippen LogP contribution < -0.4 is 5.32 Å². The SMILES string of the molecule is CC(C)C[C@@H]1N2C(=O)[C@@H]3CCCN3C(=O)[C@@H]2C[C@]12C(=O)Nc1ccccc12. The third-order valence-corrected chi connectivity index (χ3v) is 6.87. The quantitative estimate of drug-likeness (QED) is 0.868. The van der Waals surface area contributed by atoms with Crippen LogP contribution in [0.3, 0.4) is 0 Å². The lowest BCUT2D eigenvalue weighted by Crippen LogP contribution is -2.63. The molecule has 0 saturated carbocycles. The van der Waals surface area contributed by atoms with Gasteiger partial charge in [-0.2, -0.15) is 0 Å². The fourth-order valence-corrected chi connectivity index (χ4v) is 5.79. The fourth-order valence-electron chi connectivity index (χ4n) is 5.79. The van der Waals surface area contributed by atoms with Crippen molar-refractivity contribution in [3.63, 3.8) is 0 Å². The smallest absolute Gasteiger partial charge is 0.246 e. The number of benzene rings is 1. The molecule has 0 unspecified atom stereocenters. The van der Waals surface area contributed by atoms with Gasteiger partial charge in [0.25, 0.3) is 0 Å². The maximum atomic E-state index is 13.4. The predicted octanol–water partition coefficient (Wildman–Crippen LogP) is 1.90. The first kappa shape index (κ1) is 16.8. The first-order chi connectivity index (χ1) is 12.9. The van der Waals surface area contributed by atoms with Crippen molar-refractivity contribution in [2.24, 2.45) is 5.92 Å². The first-order valence-electron chi connectivity index (χ1n) is 9.99. The number of carbonyl (C=O) groups excluding carboxylic acids is 3. The molecule has 0 aliphatic carbocycles. The summed E-state index contributed by atoms with van der Waals surface area (Å²) >= 11 is 0. The van der Waals surface area contributed by atoms with Crippen molar-refractivity contribution in [1.29, 1.82) is 0 Å². The van der Waals surface area contributed by atoms with Gasteiger partial charge in [-0.25, -0.2) is 0 Å². The van der Waals surface area contributed by atoms with Gasteiger partial charge in [-0.1, -0.05) is 32.0 Å². The lowest BCUT2D eigenvalue weighted by atomic mass is 9.72. The van der Waals surface area contributed by atoms with E-state index >= 15 is 0 Å². The van der Waals surface area contributed by atoms with Gasteiger partial charge < -0.3 is 15.1 Å². The molecule has 1 aromatic carbocycles. The maximum absolute atomic E-state index is 13.4. The molecular formula is C21H25N3O3. The zero-order valence-corrected chi connectivity index (χ0v) is 15.8. The van der Waals surface area contributed by atoms with E-state index in [1.807, 2.05) is 24.3 Å². The van der Waals surface area contributed by atoms with Crippen LogP contribution in [-0.2, 0) is 19.8 Å². The van der Waals surface area contributed by atoms with E-state index in [2.05, 4.69) is 19.2 Å². The number of nitrogens with one attached hydrogen (secondary N) is 1.